The van der Waals surface area contributed by atoms with E-state index in [0.717, 1.165) is 12.8 Å². The first kappa shape index (κ1) is 15.8. The molecular formula is C5H14Cl2O. The van der Waals surface area contributed by atoms with E-state index in [4.69, 9.17) is 5.11 Å². The molecule has 0 aliphatic heterocycles. The average Bonchev–Trinajstić information content (AvgIpc) is 1.65. The zero-order valence-corrected chi connectivity index (χ0v) is 6.89. The van der Waals surface area contributed by atoms with E-state index in [1.165, 1.54) is 0 Å². The molecule has 0 aliphatic carbocycles. The Morgan fingerprint density at radius 2 is 1.38 bits per heavy atom. The van der Waals surface area contributed by atoms with Crippen molar-refractivity contribution in [3.8, 4) is 0 Å². The highest BCUT2D eigenvalue weighted by molar-refractivity contribution is 5.85. The maximum atomic E-state index is 8.67. The molecule has 0 bridgehead atoms. The molecule has 1 N–H and O–H groups in total. The second-order valence-corrected chi connectivity index (χ2v) is 1.47. The maximum absolute atomic E-state index is 8.67. The number of rotatable bonds is 2. The summed E-state index contributed by atoms with van der Waals surface area (Å²) in [6, 6.07) is 0. The third-order valence-corrected chi connectivity index (χ3v) is 0.942. The van der Waals surface area contributed by atoms with Gasteiger partial charge in [0.25, 0.3) is 0 Å². The molecule has 0 aromatic rings. The van der Waals surface area contributed by atoms with Crippen molar-refractivity contribution in [1.29, 1.82) is 0 Å². The zero-order valence-electron chi connectivity index (χ0n) is 5.26. The topological polar surface area (TPSA) is 20.2 Å². The van der Waals surface area contributed by atoms with Crippen molar-refractivity contribution in [3.63, 3.8) is 0 Å². The predicted octanol–water partition coefficient (Wildman–Crippen LogP) is 2.01. The lowest BCUT2D eigenvalue weighted by molar-refractivity contribution is 0.166. The summed E-state index contributed by atoms with van der Waals surface area (Å²) in [5, 5.41) is 8.67. The predicted molar refractivity (Wildman–Crippen MR) is 41.1 cm³/mol. The van der Waals surface area contributed by atoms with Crippen molar-refractivity contribution in [1.82, 2.24) is 0 Å². The van der Waals surface area contributed by atoms with Crippen molar-refractivity contribution >= 4 is 24.8 Å². The minimum atomic E-state index is -0.0648. The summed E-state index contributed by atoms with van der Waals surface area (Å²) in [7, 11) is 0. The van der Waals surface area contributed by atoms with Gasteiger partial charge in [0.1, 0.15) is 0 Å². The van der Waals surface area contributed by atoms with Crippen molar-refractivity contribution in [3.05, 3.63) is 0 Å². The number of hydrogen-bond donors (Lipinski definition) is 1. The molecule has 0 saturated heterocycles. The molecule has 0 radical (unpaired) electrons. The fourth-order valence-electron chi connectivity index (χ4n) is 0.289. The lowest BCUT2D eigenvalue weighted by atomic mass is 10.2. The van der Waals surface area contributed by atoms with E-state index in [9.17, 15) is 0 Å². The van der Waals surface area contributed by atoms with Crippen molar-refractivity contribution in [2.24, 2.45) is 0 Å². The van der Waals surface area contributed by atoms with Crippen LogP contribution >= 0.6 is 24.8 Å². The summed E-state index contributed by atoms with van der Waals surface area (Å²) >= 11 is 0. The Hall–Kier alpha value is 0.540. The molecule has 3 heteroatoms. The fraction of sp³-hybridized carbons (Fsp3) is 1.00. The molecule has 0 aliphatic rings. The van der Waals surface area contributed by atoms with Gasteiger partial charge in [-0.15, -0.1) is 24.8 Å². The third kappa shape index (κ3) is 9.74. The fourth-order valence-corrected chi connectivity index (χ4v) is 0.289. The molecular weight excluding hydrogens is 147 g/mol. The number of aliphatic hydroxyl groups excluding tert-OH is 1. The smallest absolute Gasteiger partial charge is 0.0535 e. The number of halogens is 2. The minimum Gasteiger partial charge on any atom is -0.393 e. The van der Waals surface area contributed by atoms with Crippen LogP contribution in [0.15, 0.2) is 0 Å². The second-order valence-electron chi connectivity index (χ2n) is 1.47. The Morgan fingerprint density at radius 3 is 1.38 bits per heavy atom. The van der Waals surface area contributed by atoms with Crippen LogP contribution in [0.3, 0.4) is 0 Å². The van der Waals surface area contributed by atoms with Crippen molar-refractivity contribution < 1.29 is 5.11 Å². The van der Waals surface area contributed by atoms with Gasteiger partial charge in [-0.2, -0.15) is 0 Å². The van der Waals surface area contributed by atoms with Crippen LogP contribution in [0.5, 0.6) is 0 Å². The molecule has 0 amide bonds. The molecule has 8 heavy (non-hydrogen) atoms. The molecule has 0 rings (SSSR count). The molecule has 0 heterocycles. The SMILES string of the molecule is CCC(O)CC.Cl.Cl. The average molecular weight is 161 g/mol. The second kappa shape index (κ2) is 10.5. The van der Waals surface area contributed by atoms with Crippen LogP contribution in [0.4, 0.5) is 0 Å². The molecule has 0 aromatic carbocycles. The minimum absolute atomic E-state index is 0. The lowest BCUT2D eigenvalue weighted by Crippen LogP contribution is -1.99. The molecule has 0 saturated carbocycles. The van der Waals surface area contributed by atoms with Gasteiger partial charge in [0.2, 0.25) is 0 Å². The molecule has 0 fully saturated rings. The van der Waals surface area contributed by atoms with E-state index in [2.05, 4.69) is 0 Å². The van der Waals surface area contributed by atoms with E-state index < -0.39 is 0 Å². The Bertz CT molecular complexity index is 29.6. The monoisotopic (exact) mass is 160 g/mol. The molecule has 54 valence electrons. The van der Waals surface area contributed by atoms with Gasteiger partial charge in [0.05, 0.1) is 6.10 Å². The standard InChI is InChI=1S/C5H12O.2ClH/c1-3-5(6)4-2;;/h5-6H,3-4H2,1-2H3;2*1H. The zero-order chi connectivity index (χ0) is 4.99. The van der Waals surface area contributed by atoms with Gasteiger partial charge in [-0.3, -0.25) is 0 Å². The molecule has 0 spiro atoms. The number of hydrogen-bond acceptors (Lipinski definition) is 1. The highest BCUT2D eigenvalue weighted by Gasteiger charge is 1.90. The summed E-state index contributed by atoms with van der Waals surface area (Å²) in [6.45, 7) is 3.96. The lowest BCUT2D eigenvalue weighted by Gasteiger charge is -1.98. The molecule has 1 nitrogen and oxygen atoms in total. The first-order valence-electron chi connectivity index (χ1n) is 2.49. The van der Waals surface area contributed by atoms with E-state index in [1.807, 2.05) is 13.8 Å². The Kier molecular flexibility index (Phi) is 20.8. The summed E-state index contributed by atoms with van der Waals surface area (Å²) in [6.07, 6.45) is 1.71. The van der Waals surface area contributed by atoms with Crippen molar-refractivity contribution in [2.45, 2.75) is 32.8 Å². The Morgan fingerprint density at radius 1 is 1.12 bits per heavy atom. The van der Waals surface area contributed by atoms with Crippen LogP contribution in [-0.2, 0) is 0 Å². The van der Waals surface area contributed by atoms with Crippen LogP contribution in [-0.4, -0.2) is 11.2 Å². The van der Waals surface area contributed by atoms with E-state index >= 15 is 0 Å². The summed E-state index contributed by atoms with van der Waals surface area (Å²) in [5.74, 6) is 0. The van der Waals surface area contributed by atoms with E-state index in [1.54, 1.807) is 0 Å². The van der Waals surface area contributed by atoms with Crippen LogP contribution in [0, 0.1) is 0 Å². The number of aliphatic hydroxyl groups is 1. The Balaban J connectivity index is -0.000000125. The van der Waals surface area contributed by atoms with Crippen LogP contribution in [0.1, 0.15) is 26.7 Å². The summed E-state index contributed by atoms with van der Waals surface area (Å²) in [5.41, 5.74) is 0. The van der Waals surface area contributed by atoms with Gasteiger partial charge in [0, 0.05) is 0 Å². The van der Waals surface area contributed by atoms with Gasteiger partial charge in [-0.25, -0.2) is 0 Å². The van der Waals surface area contributed by atoms with Crippen molar-refractivity contribution in [2.75, 3.05) is 0 Å². The van der Waals surface area contributed by atoms with Crippen LogP contribution in [0.2, 0.25) is 0 Å². The normalized spacial score (nSPS) is 7.50. The van der Waals surface area contributed by atoms with Gasteiger partial charge in [-0.1, -0.05) is 13.8 Å². The van der Waals surface area contributed by atoms with Gasteiger partial charge in [0.15, 0.2) is 0 Å². The quantitative estimate of drug-likeness (QED) is 0.656. The van der Waals surface area contributed by atoms with Crippen LogP contribution in [0.25, 0.3) is 0 Å². The molecule has 0 unspecified atom stereocenters. The van der Waals surface area contributed by atoms with Gasteiger partial charge in [-0.05, 0) is 12.8 Å². The summed E-state index contributed by atoms with van der Waals surface area (Å²) in [4.78, 5) is 0. The van der Waals surface area contributed by atoms with E-state index in [0.29, 0.717) is 0 Å². The van der Waals surface area contributed by atoms with Gasteiger partial charge >= 0.3 is 0 Å². The summed E-state index contributed by atoms with van der Waals surface area (Å²) < 4.78 is 0. The third-order valence-electron chi connectivity index (χ3n) is 0.942. The first-order chi connectivity index (χ1) is 2.81. The molecule has 0 atom stereocenters. The largest absolute Gasteiger partial charge is 0.393 e. The Labute approximate surface area is 63.3 Å². The highest BCUT2D eigenvalue weighted by Crippen LogP contribution is 1.91. The first-order valence-corrected chi connectivity index (χ1v) is 2.49. The highest BCUT2D eigenvalue weighted by atomic mass is 35.5. The van der Waals surface area contributed by atoms with Crippen LogP contribution < -0.4 is 0 Å². The van der Waals surface area contributed by atoms with Gasteiger partial charge < -0.3 is 5.11 Å². The molecule has 0 aromatic heterocycles. The maximum Gasteiger partial charge on any atom is 0.0535 e. The van der Waals surface area contributed by atoms with E-state index in [-0.39, 0.29) is 30.9 Å².